The van der Waals surface area contributed by atoms with Crippen molar-refractivity contribution in [2.45, 2.75) is 48.0 Å². The molecule has 0 aromatic rings. The third-order valence-corrected chi connectivity index (χ3v) is 3.73. The van der Waals surface area contributed by atoms with E-state index in [0.717, 1.165) is 0 Å². The van der Waals surface area contributed by atoms with Crippen molar-refractivity contribution in [3.8, 4) is 0 Å². The second-order valence-corrected chi connectivity index (χ2v) is 6.52. The summed E-state index contributed by atoms with van der Waals surface area (Å²) < 4.78 is 192. The highest BCUT2D eigenvalue weighted by molar-refractivity contribution is 7.87. The fraction of sp³-hybridized carbons (Fsp3) is 0.818. The Hall–Kier alpha value is -1.30. The van der Waals surface area contributed by atoms with E-state index in [9.17, 15) is 65.5 Å². The van der Waals surface area contributed by atoms with Gasteiger partial charge in [-0.25, -0.2) is 0 Å². The Balaban J connectivity index is 0. The number of alkyl halides is 13. The zero-order valence-electron chi connectivity index (χ0n) is 13.6. The highest BCUT2D eigenvalue weighted by Crippen LogP contribution is 2.59. The summed E-state index contributed by atoms with van der Waals surface area (Å²) in [5.41, 5.74) is 4.91. The third-order valence-electron chi connectivity index (χ3n) is 2.83. The summed E-state index contributed by atoms with van der Waals surface area (Å²) in [7, 11) is -7.51. The minimum atomic E-state index is -7.88. The molecule has 0 saturated carbocycles. The molecule has 18 heteroatoms. The lowest BCUT2D eigenvalue weighted by Crippen LogP contribution is -2.68. The van der Waals surface area contributed by atoms with Gasteiger partial charge in [0.05, 0.1) is 0 Å². The standard InChI is InChI=1S/C8H5F13O3S.C3H7N/c9-3(10,1-2-4(11,12)13)5(14,15)6(16,17)7(18,19)8(20,21)25(22,23)24;1-2-3-4/h1-2H2,(H,22,23,24);2H,1,3-4H2. The molecule has 0 atom stereocenters. The van der Waals surface area contributed by atoms with Crippen molar-refractivity contribution >= 4 is 10.1 Å². The highest BCUT2D eigenvalue weighted by atomic mass is 32.2. The average molecular weight is 485 g/mol. The van der Waals surface area contributed by atoms with Crippen molar-refractivity contribution in [3.05, 3.63) is 12.7 Å². The molecule has 0 aromatic heterocycles. The molecule has 0 amide bonds. The lowest BCUT2D eigenvalue weighted by Gasteiger charge is -2.38. The van der Waals surface area contributed by atoms with Gasteiger partial charge in [0.2, 0.25) is 0 Å². The maximum atomic E-state index is 13.0. The van der Waals surface area contributed by atoms with Crippen molar-refractivity contribution in [2.75, 3.05) is 6.54 Å². The van der Waals surface area contributed by atoms with E-state index in [0.29, 0.717) is 6.54 Å². The molecule has 0 aliphatic heterocycles. The smallest absolute Gasteiger partial charge is 0.327 e. The predicted molar refractivity (Wildman–Crippen MR) is 70.8 cm³/mol. The van der Waals surface area contributed by atoms with Gasteiger partial charge in [0.25, 0.3) is 0 Å². The van der Waals surface area contributed by atoms with Crippen LogP contribution in [0.1, 0.15) is 12.8 Å². The van der Waals surface area contributed by atoms with E-state index in [1.54, 1.807) is 6.08 Å². The first-order valence-electron chi connectivity index (χ1n) is 6.61. The molecule has 0 heterocycles. The molecule has 0 fully saturated rings. The van der Waals surface area contributed by atoms with Crippen LogP contribution in [0, 0.1) is 0 Å². The van der Waals surface area contributed by atoms with E-state index in [4.69, 9.17) is 10.3 Å². The summed E-state index contributed by atoms with van der Waals surface area (Å²) in [5, 5.41) is -7.37. The van der Waals surface area contributed by atoms with Crippen LogP contribution < -0.4 is 5.73 Å². The first kappa shape index (κ1) is 29.9. The quantitative estimate of drug-likeness (QED) is 0.302. The van der Waals surface area contributed by atoms with Crippen molar-refractivity contribution in [1.29, 1.82) is 0 Å². The van der Waals surface area contributed by atoms with Crippen LogP contribution in [0.25, 0.3) is 0 Å². The maximum Gasteiger partial charge on any atom is 0.438 e. The maximum absolute atomic E-state index is 13.0. The van der Waals surface area contributed by atoms with Crippen LogP contribution in [-0.2, 0) is 10.1 Å². The molecule has 0 spiro atoms. The topological polar surface area (TPSA) is 80.4 Å². The Morgan fingerprint density at radius 1 is 0.759 bits per heavy atom. The largest absolute Gasteiger partial charge is 0.438 e. The van der Waals surface area contributed by atoms with Crippen LogP contribution in [-0.4, -0.2) is 54.6 Å². The molecule has 0 aliphatic rings. The van der Waals surface area contributed by atoms with Crippen LogP contribution in [0.4, 0.5) is 57.1 Å². The first-order valence-corrected chi connectivity index (χ1v) is 8.05. The Bertz CT molecular complexity index is 657. The molecule has 29 heavy (non-hydrogen) atoms. The van der Waals surface area contributed by atoms with E-state index in [-0.39, 0.29) is 0 Å². The Labute approximate surface area is 154 Å². The number of hydrogen-bond donors (Lipinski definition) is 2. The van der Waals surface area contributed by atoms with Crippen molar-refractivity contribution in [2.24, 2.45) is 5.73 Å². The van der Waals surface area contributed by atoms with Crippen LogP contribution in [0.3, 0.4) is 0 Å². The van der Waals surface area contributed by atoms with Gasteiger partial charge in [-0.05, 0) is 0 Å². The van der Waals surface area contributed by atoms with Gasteiger partial charge in [0.1, 0.15) is 0 Å². The van der Waals surface area contributed by atoms with Crippen LogP contribution in [0.5, 0.6) is 0 Å². The lowest BCUT2D eigenvalue weighted by atomic mass is 9.95. The number of nitrogens with two attached hydrogens (primary N) is 1. The molecular formula is C11H12F13NO3S. The zero-order chi connectivity index (χ0) is 24.3. The van der Waals surface area contributed by atoms with Gasteiger partial charge in [-0.2, -0.15) is 65.5 Å². The normalized spacial score (nSPS) is 14.9. The second kappa shape index (κ2) is 8.83. The van der Waals surface area contributed by atoms with E-state index >= 15 is 0 Å². The molecule has 3 N–H and O–H groups in total. The van der Waals surface area contributed by atoms with Gasteiger partial charge >= 0.3 is 45.2 Å². The van der Waals surface area contributed by atoms with Gasteiger partial charge in [-0.1, -0.05) is 6.08 Å². The van der Waals surface area contributed by atoms with Crippen LogP contribution >= 0.6 is 0 Å². The molecule has 0 aromatic carbocycles. The Morgan fingerprint density at radius 3 is 1.34 bits per heavy atom. The van der Waals surface area contributed by atoms with Gasteiger partial charge in [-0.15, -0.1) is 6.58 Å². The average Bonchev–Trinajstić information content (AvgIpc) is 2.50. The van der Waals surface area contributed by atoms with E-state index in [2.05, 4.69) is 6.58 Å². The second-order valence-electron chi connectivity index (χ2n) is 5.06. The van der Waals surface area contributed by atoms with Crippen molar-refractivity contribution in [1.82, 2.24) is 0 Å². The zero-order valence-corrected chi connectivity index (χ0v) is 14.4. The Kier molecular flexibility index (Phi) is 9.10. The van der Waals surface area contributed by atoms with Gasteiger partial charge in [0, 0.05) is 19.4 Å². The summed E-state index contributed by atoms with van der Waals surface area (Å²) in [6.07, 6.45) is -10.1. The summed E-state index contributed by atoms with van der Waals surface area (Å²) in [5.74, 6) is -29.9. The summed E-state index contributed by atoms with van der Waals surface area (Å²) >= 11 is 0. The molecule has 0 radical (unpaired) electrons. The fourth-order valence-corrected chi connectivity index (χ4v) is 1.68. The molecule has 0 unspecified atom stereocenters. The summed E-state index contributed by atoms with van der Waals surface area (Å²) in [6, 6.07) is 0. The van der Waals surface area contributed by atoms with Gasteiger partial charge in [0.15, 0.2) is 0 Å². The third kappa shape index (κ3) is 6.09. The lowest BCUT2D eigenvalue weighted by molar-refractivity contribution is -0.391. The van der Waals surface area contributed by atoms with Crippen LogP contribution in [0.2, 0.25) is 0 Å². The minimum Gasteiger partial charge on any atom is -0.327 e. The van der Waals surface area contributed by atoms with E-state index in [1.807, 2.05) is 0 Å². The minimum absolute atomic E-state index is 0.583. The SMILES string of the molecule is C=CCN.O=S(=O)(O)C(F)(F)C(F)(F)C(F)(F)C(F)(F)C(F)(F)CCC(F)(F)F. The molecule has 0 aliphatic carbocycles. The summed E-state index contributed by atoms with van der Waals surface area (Å²) in [4.78, 5) is 0. The predicted octanol–water partition coefficient (Wildman–Crippen LogP) is 4.48. The molecule has 0 rings (SSSR count). The van der Waals surface area contributed by atoms with Crippen molar-refractivity contribution in [3.63, 3.8) is 0 Å². The molecule has 176 valence electrons. The van der Waals surface area contributed by atoms with E-state index in [1.165, 1.54) is 0 Å². The van der Waals surface area contributed by atoms with Gasteiger partial charge < -0.3 is 5.73 Å². The van der Waals surface area contributed by atoms with E-state index < -0.39 is 58.1 Å². The highest BCUT2D eigenvalue weighted by Gasteiger charge is 2.88. The Morgan fingerprint density at radius 2 is 1.10 bits per heavy atom. The molecule has 0 bridgehead atoms. The summed E-state index contributed by atoms with van der Waals surface area (Å²) in [6.45, 7) is 3.94. The molecular weight excluding hydrogens is 473 g/mol. The van der Waals surface area contributed by atoms with Crippen molar-refractivity contribution < 1.29 is 70.0 Å². The van der Waals surface area contributed by atoms with Crippen LogP contribution in [0.15, 0.2) is 12.7 Å². The number of halogens is 13. The molecule has 4 nitrogen and oxygen atoms in total. The number of rotatable bonds is 8. The number of hydrogen-bond acceptors (Lipinski definition) is 3. The monoisotopic (exact) mass is 485 g/mol. The molecule has 0 saturated heterocycles. The fourth-order valence-electron chi connectivity index (χ4n) is 1.23. The first-order chi connectivity index (χ1) is 12.4. The van der Waals surface area contributed by atoms with Gasteiger partial charge in [-0.3, -0.25) is 4.55 Å².